The minimum absolute atomic E-state index is 0.223. The van der Waals surface area contributed by atoms with Gasteiger partial charge >= 0.3 is 5.97 Å². The molecule has 0 spiro atoms. The van der Waals surface area contributed by atoms with Crippen molar-refractivity contribution in [2.45, 2.75) is 13.0 Å². The first-order chi connectivity index (χ1) is 7.06. The van der Waals surface area contributed by atoms with Crippen LogP contribution in [0.5, 0.6) is 0 Å². The normalized spacial score (nSPS) is 20.1. The molecule has 1 aliphatic heterocycles. The predicted molar refractivity (Wildman–Crippen MR) is 52.2 cm³/mol. The third-order valence-electron chi connectivity index (χ3n) is 2.73. The van der Waals surface area contributed by atoms with Crippen molar-refractivity contribution in [2.75, 3.05) is 19.7 Å². The SMILES string of the molecule is CC(C(=O)N[C@@H](CO)C(=O)O)C1CNC1. The van der Waals surface area contributed by atoms with E-state index in [1.54, 1.807) is 6.92 Å². The van der Waals surface area contributed by atoms with Crippen LogP contribution >= 0.6 is 0 Å². The summed E-state index contributed by atoms with van der Waals surface area (Å²) in [5, 5.41) is 22.7. The van der Waals surface area contributed by atoms with Gasteiger partial charge in [0, 0.05) is 5.92 Å². The van der Waals surface area contributed by atoms with Gasteiger partial charge in [0.2, 0.25) is 5.91 Å². The van der Waals surface area contributed by atoms with Gasteiger partial charge in [-0.15, -0.1) is 0 Å². The van der Waals surface area contributed by atoms with E-state index in [0.29, 0.717) is 0 Å². The summed E-state index contributed by atoms with van der Waals surface area (Å²) >= 11 is 0. The van der Waals surface area contributed by atoms with Crippen LogP contribution < -0.4 is 10.6 Å². The molecule has 6 heteroatoms. The molecular weight excluding hydrogens is 200 g/mol. The van der Waals surface area contributed by atoms with Gasteiger partial charge in [-0.3, -0.25) is 4.79 Å². The highest BCUT2D eigenvalue weighted by molar-refractivity contribution is 5.85. The van der Waals surface area contributed by atoms with Crippen LogP contribution in [-0.4, -0.2) is 47.8 Å². The average Bonchev–Trinajstić information content (AvgIpc) is 2.10. The number of amides is 1. The summed E-state index contributed by atoms with van der Waals surface area (Å²) < 4.78 is 0. The van der Waals surface area contributed by atoms with E-state index < -0.39 is 18.6 Å². The van der Waals surface area contributed by atoms with E-state index in [9.17, 15) is 9.59 Å². The van der Waals surface area contributed by atoms with Gasteiger partial charge in [-0.2, -0.15) is 0 Å². The van der Waals surface area contributed by atoms with E-state index in [0.717, 1.165) is 13.1 Å². The van der Waals surface area contributed by atoms with Crippen LogP contribution in [0, 0.1) is 11.8 Å². The number of aliphatic hydroxyl groups is 1. The van der Waals surface area contributed by atoms with Crippen molar-refractivity contribution in [1.82, 2.24) is 10.6 Å². The Morgan fingerprint density at radius 1 is 1.53 bits per heavy atom. The van der Waals surface area contributed by atoms with Crippen molar-refractivity contribution in [2.24, 2.45) is 11.8 Å². The third kappa shape index (κ3) is 2.90. The molecule has 0 aliphatic carbocycles. The Kier molecular flexibility index (Phi) is 4.05. The summed E-state index contributed by atoms with van der Waals surface area (Å²) in [5.74, 6) is -1.49. The Labute approximate surface area is 87.7 Å². The fraction of sp³-hybridized carbons (Fsp3) is 0.778. The van der Waals surface area contributed by atoms with Crippen LogP contribution in [0.4, 0.5) is 0 Å². The number of hydrogen-bond donors (Lipinski definition) is 4. The fourth-order valence-electron chi connectivity index (χ4n) is 1.37. The molecule has 1 aliphatic rings. The molecule has 0 radical (unpaired) electrons. The maximum atomic E-state index is 11.5. The lowest BCUT2D eigenvalue weighted by atomic mass is 9.88. The number of carbonyl (C=O) groups is 2. The van der Waals surface area contributed by atoms with Crippen molar-refractivity contribution < 1.29 is 19.8 Å². The molecule has 0 bridgehead atoms. The van der Waals surface area contributed by atoms with Crippen molar-refractivity contribution in [3.05, 3.63) is 0 Å². The first-order valence-electron chi connectivity index (χ1n) is 4.91. The van der Waals surface area contributed by atoms with Gasteiger partial charge in [0.25, 0.3) is 0 Å². The van der Waals surface area contributed by atoms with Gasteiger partial charge in [-0.1, -0.05) is 6.92 Å². The summed E-state index contributed by atoms with van der Waals surface area (Å²) in [6, 6.07) is -1.20. The molecule has 0 aromatic heterocycles. The van der Waals surface area contributed by atoms with E-state index in [2.05, 4.69) is 10.6 Å². The highest BCUT2D eigenvalue weighted by Crippen LogP contribution is 2.15. The Bertz CT molecular complexity index is 252. The summed E-state index contributed by atoms with van der Waals surface area (Å²) in [6.45, 7) is 2.74. The minimum atomic E-state index is -1.22. The maximum absolute atomic E-state index is 11.5. The van der Waals surface area contributed by atoms with Crippen molar-refractivity contribution in [1.29, 1.82) is 0 Å². The van der Waals surface area contributed by atoms with E-state index in [4.69, 9.17) is 10.2 Å². The molecule has 1 heterocycles. The third-order valence-corrected chi connectivity index (χ3v) is 2.73. The molecule has 1 fully saturated rings. The zero-order chi connectivity index (χ0) is 11.4. The van der Waals surface area contributed by atoms with Gasteiger partial charge in [0.05, 0.1) is 6.61 Å². The molecule has 0 aromatic carbocycles. The molecule has 1 rings (SSSR count). The average molecular weight is 216 g/mol. The summed E-state index contributed by atoms with van der Waals surface area (Å²) in [7, 11) is 0. The van der Waals surface area contributed by atoms with Crippen LogP contribution in [0.2, 0.25) is 0 Å². The lowest BCUT2D eigenvalue weighted by Crippen LogP contribution is -2.52. The van der Waals surface area contributed by atoms with E-state index in [1.807, 2.05) is 0 Å². The highest BCUT2D eigenvalue weighted by atomic mass is 16.4. The molecule has 86 valence electrons. The minimum Gasteiger partial charge on any atom is -0.480 e. The van der Waals surface area contributed by atoms with E-state index >= 15 is 0 Å². The topological polar surface area (TPSA) is 98.7 Å². The predicted octanol–water partition coefficient (Wildman–Crippen LogP) is -1.60. The number of aliphatic hydroxyl groups excluding tert-OH is 1. The first kappa shape index (κ1) is 11.9. The number of aliphatic carboxylic acids is 1. The Hall–Kier alpha value is -1.14. The first-order valence-corrected chi connectivity index (χ1v) is 4.91. The van der Waals surface area contributed by atoms with Gasteiger partial charge < -0.3 is 20.8 Å². The second kappa shape index (κ2) is 5.09. The second-order valence-corrected chi connectivity index (χ2v) is 3.79. The Morgan fingerprint density at radius 2 is 2.13 bits per heavy atom. The molecule has 0 saturated carbocycles. The van der Waals surface area contributed by atoms with Crippen molar-refractivity contribution >= 4 is 11.9 Å². The second-order valence-electron chi connectivity index (χ2n) is 3.79. The van der Waals surface area contributed by atoms with Crippen LogP contribution in [0.15, 0.2) is 0 Å². The summed E-state index contributed by atoms with van der Waals surface area (Å²) in [5.41, 5.74) is 0. The zero-order valence-electron chi connectivity index (χ0n) is 8.56. The van der Waals surface area contributed by atoms with Gasteiger partial charge in [-0.05, 0) is 19.0 Å². The molecular formula is C9H16N2O4. The molecule has 4 N–H and O–H groups in total. The number of carboxylic acid groups (broad SMARTS) is 1. The molecule has 2 atom stereocenters. The van der Waals surface area contributed by atoms with Crippen molar-refractivity contribution in [3.8, 4) is 0 Å². The van der Waals surface area contributed by atoms with Gasteiger partial charge in [-0.25, -0.2) is 4.79 Å². The monoisotopic (exact) mass is 216 g/mol. The van der Waals surface area contributed by atoms with Crippen molar-refractivity contribution in [3.63, 3.8) is 0 Å². The number of rotatable bonds is 5. The number of hydrogen-bond acceptors (Lipinski definition) is 4. The summed E-state index contributed by atoms with van der Waals surface area (Å²) in [4.78, 5) is 22.1. The smallest absolute Gasteiger partial charge is 0.328 e. The molecule has 1 saturated heterocycles. The van der Waals surface area contributed by atoms with E-state index in [1.165, 1.54) is 0 Å². The standard InChI is InChI=1S/C9H16N2O4/c1-5(6-2-10-3-6)8(13)11-7(4-12)9(14)15/h5-7,10,12H,2-4H2,1H3,(H,11,13)(H,14,15)/t5?,7-/m0/s1. The van der Waals surface area contributed by atoms with Crippen LogP contribution in [-0.2, 0) is 9.59 Å². The van der Waals surface area contributed by atoms with Gasteiger partial charge in [0.1, 0.15) is 6.04 Å². The fourth-order valence-corrected chi connectivity index (χ4v) is 1.37. The number of carbonyl (C=O) groups excluding carboxylic acids is 1. The Morgan fingerprint density at radius 3 is 2.47 bits per heavy atom. The highest BCUT2D eigenvalue weighted by Gasteiger charge is 2.30. The largest absolute Gasteiger partial charge is 0.480 e. The van der Waals surface area contributed by atoms with Crippen LogP contribution in [0.25, 0.3) is 0 Å². The zero-order valence-corrected chi connectivity index (χ0v) is 8.56. The molecule has 6 nitrogen and oxygen atoms in total. The van der Waals surface area contributed by atoms with Gasteiger partial charge in [0.15, 0.2) is 0 Å². The summed E-state index contributed by atoms with van der Waals surface area (Å²) in [6.07, 6.45) is 0. The Balaban J connectivity index is 2.42. The number of nitrogens with one attached hydrogen (secondary N) is 2. The molecule has 0 aromatic rings. The lowest BCUT2D eigenvalue weighted by molar-refractivity contribution is -0.144. The van der Waals surface area contributed by atoms with E-state index in [-0.39, 0.29) is 17.7 Å². The lowest BCUT2D eigenvalue weighted by Gasteiger charge is -2.32. The molecule has 1 amide bonds. The quantitative estimate of drug-likeness (QED) is 0.444. The molecule has 1 unspecified atom stereocenters. The van der Waals surface area contributed by atoms with Crippen LogP contribution in [0.3, 0.4) is 0 Å². The maximum Gasteiger partial charge on any atom is 0.328 e. The number of carboxylic acids is 1. The van der Waals surface area contributed by atoms with Crippen LogP contribution in [0.1, 0.15) is 6.92 Å². The molecule has 15 heavy (non-hydrogen) atoms.